The molecule has 3 heteroatoms. The van der Waals surface area contributed by atoms with Gasteiger partial charge in [-0.15, -0.1) is 0 Å². The Labute approximate surface area is 59.4 Å². The minimum absolute atomic E-state index is 0.296. The molecule has 0 fully saturated rings. The molecule has 0 amide bonds. The second-order valence-corrected chi connectivity index (χ2v) is 2.49. The van der Waals surface area contributed by atoms with Crippen LogP contribution in [0.15, 0.2) is 11.9 Å². The molecule has 0 aromatic rings. The summed E-state index contributed by atoms with van der Waals surface area (Å²) in [5, 5.41) is 8.05. The third kappa shape index (κ3) is 4.06. The van der Waals surface area contributed by atoms with Crippen molar-refractivity contribution in [2.24, 2.45) is 5.92 Å². The van der Waals surface area contributed by atoms with Gasteiger partial charge in [-0.2, -0.15) is 4.39 Å². The van der Waals surface area contributed by atoms with Gasteiger partial charge in [0.2, 0.25) is 5.83 Å². The predicted molar refractivity (Wildman–Crippen MR) is 36.3 cm³/mol. The van der Waals surface area contributed by atoms with Crippen LogP contribution in [0, 0.1) is 5.92 Å². The summed E-state index contributed by atoms with van der Waals surface area (Å²) in [7, 11) is 0. The van der Waals surface area contributed by atoms with Crippen molar-refractivity contribution in [3.05, 3.63) is 11.9 Å². The average molecular weight is 146 g/mol. The van der Waals surface area contributed by atoms with Gasteiger partial charge in [0, 0.05) is 0 Å². The normalized spacial score (nSPS) is 12.2. The lowest BCUT2D eigenvalue weighted by atomic mass is 10.1. The third-order valence-corrected chi connectivity index (χ3v) is 0.973. The van der Waals surface area contributed by atoms with Crippen LogP contribution in [-0.4, -0.2) is 11.1 Å². The van der Waals surface area contributed by atoms with Crippen molar-refractivity contribution in [3.63, 3.8) is 0 Å². The molecule has 0 aromatic carbocycles. The number of allylic oxidation sites excluding steroid dienone is 1. The van der Waals surface area contributed by atoms with Crippen LogP contribution >= 0.6 is 0 Å². The smallest absolute Gasteiger partial charge is 0.364 e. The standard InChI is InChI=1S/C7H11FO2/c1-5(2)3-4-6(8)7(9)10/h4-5H,3H2,1-2H3,(H,9,10)/b6-4+. The summed E-state index contributed by atoms with van der Waals surface area (Å²) in [5.74, 6) is -2.25. The molecular weight excluding hydrogens is 135 g/mol. The molecule has 0 aliphatic heterocycles. The van der Waals surface area contributed by atoms with Crippen molar-refractivity contribution in [1.29, 1.82) is 0 Å². The maximum atomic E-state index is 12.1. The van der Waals surface area contributed by atoms with Gasteiger partial charge in [0.05, 0.1) is 0 Å². The van der Waals surface area contributed by atoms with E-state index in [1.807, 2.05) is 13.8 Å². The van der Waals surface area contributed by atoms with Gasteiger partial charge in [0.25, 0.3) is 0 Å². The molecule has 0 radical (unpaired) electrons. The lowest BCUT2D eigenvalue weighted by Crippen LogP contribution is -1.95. The Morgan fingerprint density at radius 3 is 2.50 bits per heavy atom. The van der Waals surface area contributed by atoms with Gasteiger partial charge < -0.3 is 5.11 Å². The van der Waals surface area contributed by atoms with E-state index in [2.05, 4.69) is 0 Å². The number of carboxylic acid groups (broad SMARTS) is 1. The highest BCUT2D eigenvalue weighted by atomic mass is 19.1. The number of hydrogen-bond donors (Lipinski definition) is 1. The molecule has 2 nitrogen and oxygen atoms in total. The molecule has 0 aliphatic rings. The van der Waals surface area contributed by atoms with Crippen molar-refractivity contribution in [2.75, 3.05) is 0 Å². The summed E-state index contributed by atoms with van der Waals surface area (Å²) in [6.07, 6.45) is 1.56. The largest absolute Gasteiger partial charge is 0.476 e. The van der Waals surface area contributed by atoms with Crippen LogP contribution in [0.3, 0.4) is 0 Å². The van der Waals surface area contributed by atoms with Gasteiger partial charge >= 0.3 is 5.97 Å². The highest BCUT2D eigenvalue weighted by Crippen LogP contribution is 2.05. The summed E-state index contributed by atoms with van der Waals surface area (Å²) < 4.78 is 12.1. The first-order valence-corrected chi connectivity index (χ1v) is 3.13. The van der Waals surface area contributed by atoms with Gasteiger partial charge in [-0.05, 0) is 18.4 Å². The Kier molecular flexibility index (Phi) is 3.69. The fourth-order valence-electron chi connectivity index (χ4n) is 0.426. The zero-order chi connectivity index (χ0) is 8.15. The van der Waals surface area contributed by atoms with Crippen molar-refractivity contribution in [3.8, 4) is 0 Å². The molecule has 0 saturated carbocycles. The van der Waals surface area contributed by atoms with Crippen LogP contribution in [0.5, 0.6) is 0 Å². The van der Waals surface area contributed by atoms with Crippen LogP contribution in [0.25, 0.3) is 0 Å². The molecule has 10 heavy (non-hydrogen) atoms. The first-order chi connectivity index (χ1) is 4.54. The predicted octanol–water partition coefficient (Wildman–Crippen LogP) is 1.97. The van der Waals surface area contributed by atoms with Gasteiger partial charge in [0.15, 0.2) is 0 Å². The number of aliphatic carboxylic acids is 1. The Morgan fingerprint density at radius 2 is 2.20 bits per heavy atom. The first kappa shape index (κ1) is 9.14. The van der Waals surface area contributed by atoms with E-state index in [9.17, 15) is 9.18 Å². The summed E-state index contributed by atoms with van der Waals surface area (Å²) in [6, 6.07) is 0. The maximum Gasteiger partial charge on any atom is 0.364 e. The molecular formula is C7H11FO2. The molecule has 0 heterocycles. The highest BCUT2D eigenvalue weighted by molar-refractivity contribution is 5.83. The molecule has 0 rings (SSSR count). The van der Waals surface area contributed by atoms with E-state index in [4.69, 9.17) is 5.11 Å². The van der Waals surface area contributed by atoms with E-state index >= 15 is 0 Å². The van der Waals surface area contributed by atoms with Gasteiger partial charge in [-0.1, -0.05) is 13.8 Å². The van der Waals surface area contributed by atoms with E-state index < -0.39 is 11.8 Å². The Hall–Kier alpha value is -0.860. The summed E-state index contributed by atoms with van der Waals surface area (Å²) in [6.45, 7) is 3.79. The average Bonchev–Trinajstić information content (AvgIpc) is 1.82. The minimum Gasteiger partial charge on any atom is -0.476 e. The molecule has 0 aliphatic carbocycles. The lowest BCUT2D eigenvalue weighted by molar-refractivity contribution is -0.134. The van der Waals surface area contributed by atoms with E-state index in [1.54, 1.807) is 0 Å². The van der Waals surface area contributed by atoms with Crippen molar-refractivity contribution in [2.45, 2.75) is 20.3 Å². The first-order valence-electron chi connectivity index (χ1n) is 3.13. The summed E-state index contributed by atoms with van der Waals surface area (Å²) in [4.78, 5) is 9.87. The van der Waals surface area contributed by atoms with Crippen LogP contribution in [0.1, 0.15) is 20.3 Å². The fourth-order valence-corrected chi connectivity index (χ4v) is 0.426. The fraction of sp³-hybridized carbons (Fsp3) is 0.571. The van der Waals surface area contributed by atoms with E-state index in [1.165, 1.54) is 0 Å². The van der Waals surface area contributed by atoms with E-state index in [-0.39, 0.29) is 0 Å². The second kappa shape index (κ2) is 4.04. The molecule has 0 unspecified atom stereocenters. The van der Waals surface area contributed by atoms with E-state index in [0.29, 0.717) is 12.3 Å². The number of rotatable bonds is 3. The summed E-state index contributed by atoms with van der Waals surface area (Å²) >= 11 is 0. The third-order valence-electron chi connectivity index (χ3n) is 0.973. The Bertz CT molecular complexity index is 150. The monoisotopic (exact) mass is 146 g/mol. The van der Waals surface area contributed by atoms with Crippen LogP contribution < -0.4 is 0 Å². The molecule has 0 saturated heterocycles. The maximum absolute atomic E-state index is 12.1. The minimum atomic E-state index is -1.49. The Balaban J connectivity index is 3.81. The SMILES string of the molecule is CC(C)C/C=C(/F)C(=O)O. The molecule has 1 N–H and O–H groups in total. The Morgan fingerprint density at radius 1 is 1.70 bits per heavy atom. The zero-order valence-corrected chi connectivity index (χ0v) is 6.10. The number of hydrogen-bond acceptors (Lipinski definition) is 1. The topological polar surface area (TPSA) is 37.3 Å². The van der Waals surface area contributed by atoms with Crippen LogP contribution in [0.4, 0.5) is 4.39 Å². The zero-order valence-electron chi connectivity index (χ0n) is 6.10. The van der Waals surface area contributed by atoms with E-state index in [0.717, 1.165) is 6.08 Å². The van der Waals surface area contributed by atoms with Crippen LogP contribution in [0.2, 0.25) is 0 Å². The molecule has 0 aromatic heterocycles. The molecule has 0 bridgehead atoms. The summed E-state index contributed by atoms with van der Waals surface area (Å²) in [5.41, 5.74) is 0. The lowest BCUT2D eigenvalue weighted by Gasteiger charge is -1.95. The van der Waals surface area contributed by atoms with Gasteiger partial charge in [-0.25, -0.2) is 4.79 Å². The van der Waals surface area contributed by atoms with Crippen LogP contribution in [-0.2, 0) is 4.79 Å². The highest BCUT2D eigenvalue weighted by Gasteiger charge is 2.03. The second-order valence-electron chi connectivity index (χ2n) is 2.49. The van der Waals surface area contributed by atoms with Gasteiger partial charge in [0.1, 0.15) is 0 Å². The molecule has 0 spiro atoms. The van der Waals surface area contributed by atoms with Crippen molar-refractivity contribution >= 4 is 5.97 Å². The van der Waals surface area contributed by atoms with Crippen molar-refractivity contribution < 1.29 is 14.3 Å². The molecule has 58 valence electrons. The quantitative estimate of drug-likeness (QED) is 0.618. The number of carboxylic acids is 1. The number of carbonyl (C=O) groups is 1. The number of halogens is 1. The molecule has 0 atom stereocenters. The van der Waals surface area contributed by atoms with Gasteiger partial charge in [-0.3, -0.25) is 0 Å². The van der Waals surface area contributed by atoms with Crippen molar-refractivity contribution in [1.82, 2.24) is 0 Å².